The second kappa shape index (κ2) is 10.2. The first-order chi connectivity index (χ1) is 18.5. The second-order valence-electron chi connectivity index (χ2n) is 13.5. The van der Waals surface area contributed by atoms with E-state index in [1.54, 1.807) is 31.2 Å². The molecule has 216 valence electrons. The summed E-state index contributed by atoms with van der Waals surface area (Å²) < 4.78 is 6.34. The van der Waals surface area contributed by atoms with Gasteiger partial charge in [-0.1, -0.05) is 60.6 Å². The number of hydrogen-bond acceptors (Lipinski definition) is 6. The molecule has 1 heterocycles. The summed E-state index contributed by atoms with van der Waals surface area (Å²) in [5.41, 5.74) is -3.29. The van der Waals surface area contributed by atoms with Crippen molar-refractivity contribution in [1.82, 2.24) is 0 Å². The maximum Gasteiger partial charge on any atom is 0.184 e. The van der Waals surface area contributed by atoms with Gasteiger partial charge in [-0.2, -0.15) is 0 Å². The Morgan fingerprint density at radius 3 is 2.20 bits per heavy atom. The maximum absolute atomic E-state index is 15.0. The monoisotopic (exact) mass is 548 g/mol. The van der Waals surface area contributed by atoms with Crippen LogP contribution in [0.3, 0.4) is 0 Å². The number of ketones is 3. The molecule has 1 aromatic carbocycles. The third-order valence-corrected chi connectivity index (χ3v) is 9.51. The van der Waals surface area contributed by atoms with E-state index in [4.69, 9.17) is 4.74 Å². The van der Waals surface area contributed by atoms with Gasteiger partial charge in [0, 0.05) is 5.56 Å². The fourth-order valence-electron chi connectivity index (χ4n) is 7.29. The molecule has 0 radical (unpaired) electrons. The Bertz CT molecular complexity index is 1300. The molecule has 0 saturated heterocycles. The zero-order valence-electron chi connectivity index (χ0n) is 25.1. The van der Waals surface area contributed by atoms with Gasteiger partial charge in [-0.3, -0.25) is 14.4 Å². The van der Waals surface area contributed by atoms with Gasteiger partial charge in [0.1, 0.15) is 11.9 Å². The molecule has 4 rings (SSSR count). The fraction of sp³-hybridized carbons (Fsp3) is 0.559. The molecule has 0 unspecified atom stereocenters. The fourth-order valence-corrected chi connectivity index (χ4v) is 7.29. The third kappa shape index (κ3) is 4.35. The predicted molar refractivity (Wildman–Crippen MR) is 154 cm³/mol. The van der Waals surface area contributed by atoms with Gasteiger partial charge in [0.25, 0.3) is 0 Å². The van der Waals surface area contributed by atoms with Gasteiger partial charge in [-0.05, 0) is 85.5 Å². The van der Waals surface area contributed by atoms with Crippen LogP contribution in [0.4, 0.5) is 0 Å². The topological polar surface area (TPSA) is 101 Å². The second-order valence-corrected chi connectivity index (χ2v) is 13.5. The first-order valence-corrected chi connectivity index (χ1v) is 14.3. The number of aliphatic hydroxyl groups is 2. The van der Waals surface area contributed by atoms with Crippen molar-refractivity contribution in [2.24, 2.45) is 22.2 Å². The standard InChI is InChI=1S/C34H44O6/c1-20(2)13-12-18-33(8)23(17-16-21(3)4)19-32(7)27(37)24-25(35)29(31(5,6)39)40-28(24)34(33,30(32)38)26(36)22-14-10-9-11-15-22/h9-11,13-16,23,25,29,35,39H,12,17-19H2,1-8H3/t23-,25-,29-,32+,33+,34-/m0/s1. The van der Waals surface area contributed by atoms with Crippen molar-refractivity contribution in [3.63, 3.8) is 0 Å². The van der Waals surface area contributed by atoms with Crippen LogP contribution in [-0.2, 0) is 14.3 Å². The van der Waals surface area contributed by atoms with Gasteiger partial charge in [0.05, 0.1) is 16.6 Å². The molecule has 2 bridgehead atoms. The molecule has 0 amide bonds. The highest BCUT2D eigenvalue weighted by molar-refractivity contribution is 6.30. The molecule has 0 aromatic heterocycles. The SMILES string of the molecule is CC(C)=CCC[C@]1(C)[C@@H](CC=C(C)C)C[C@]2(C)C(=O)C3=C(O[C@H](C(C)(C)O)[C@H]3O)[C@@]1(C(=O)c1ccccc1)C2=O. The van der Waals surface area contributed by atoms with E-state index in [2.05, 4.69) is 12.2 Å². The summed E-state index contributed by atoms with van der Waals surface area (Å²) in [5.74, 6) is -1.65. The number of rotatable bonds is 8. The molecule has 1 fully saturated rings. The number of carbonyl (C=O) groups excluding carboxylic acids is 3. The van der Waals surface area contributed by atoms with Gasteiger partial charge < -0.3 is 14.9 Å². The van der Waals surface area contributed by atoms with Gasteiger partial charge >= 0.3 is 0 Å². The van der Waals surface area contributed by atoms with E-state index in [0.717, 1.165) is 11.1 Å². The largest absolute Gasteiger partial charge is 0.487 e. The molecule has 2 N–H and O–H groups in total. The molecule has 6 nitrogen and oxygen atoms in total. The molecule has 1 aromatic rings. The highest BCUT2D eigenvalue weighted by Crippen LogP contribution is 2.69. The smallest absolute Gasteiger partial charge is 0.184 e. The first-order valence-electron chi connectivity index (χ1n) is 14.3. The number of Topliss-reactive ketones (excluding diaryl/α,β-unsaturated/α-hetero) is 3. The number of carbonyl (C=O) groups is 3. The lowest BCUT2D eigenvalue weighted by Crippen LogP contribution is -2.68. The quantitative estimate of drug-likeness (QED) is 0.237. The Balaban J connectivity index is 2.11. The van der Waals surface area contributed by atoms with Crippen molar-refractivity contribution in [2.45, 2.75) is 98.9 Å². The molecule has 2 aliphatic carbocycles. The molecule has 0 spiro atoms. The Morgan fingerprint density at radius 2 is 1.65 bits per heavy atom. The summed E-state index contributed by atoms with van der Waals surface area (Å²) >= 11 is 0. The zero-order chi connectivity index (χ0) is 29.8. The van der Waals surface area contributed by atoms with E-state index >= 15 is 0 Å². The maximum atomic E-state index is 15.0. The number of fused-ring (bicyclic) bond motifs is 3. The van der Waals surface area contributed by atoms with Crippen LogP contribution in [0.25, 0.3) is 0 Å². The van der Waals surface area contributed by atoms with E-state index in [1.165, 1.54) is 13.8 Å². The zero-order valence-corrected chi connectivity index (χ0v) is 25.1. The van der Waals surface area contributed by atoms with Crippen LogP contribution < -0.4 is 0 Å². The Hall–Kier alpha value is -2.83. The Labute approximate surface area is 238 Å². The molecular formula is C34H44O6. The van der Waals surface area contributed by atoms with E-state index < -0.39 is 51.4 Å². The third-order valence-electron chi connectivity index (χ3n) is 9.51. The molecule has 3 aliphatic rings. The van der Waals surface area contributed by atoms with E-state index in [1.807, 2.05) is 40.7 Å². The lowest BCUT2D eigenvalue weighted by Gasteiger charge is -2.60. The lowest BCUT2D eigenvalue weighted by atomic mass is 9.39. The highest BCUT2D eigenvalue weighted by Gasteiger charge is 2.77. The Kier molecular flexibility index (Phi) is 7.70. The van der Waals surface area contributed by atoms with Crippen molar-refractivity contribution in [2.75, 3.05) is 0 Å². The molecule has 40 heavy (non-hydrogen) atoms. The van der Waals surface area contributed by atoms with Crippen LogP contribution in [0.1, 0.15) is 91.4 Å². The highest BCUT2D eigenvalue weighted by atomic mass is 16.5. The van der Waals surface area contributed by atoms with Crippen LogP contribution in [0.2, 0.25) is 0 Å². The average Bonchev–Trinajstić information content (AvgIpc) is 3.22. The van der Waals surface area contributed by atoms with Crippen LogP contribution in [-0.4, -0.2) is 45.4 Å². The summed E-state index contributed by atoms with van der Waals surface area (Å²) in [7, 11) is 0. The Morgan fingerprint density at radius 1 is 1.05 bits per heavy atom. The number of ether oxygens (including phenoxy) is 1. The summed E-state index contributed by atoms with van der Waals surface area (Å²) in [4.78, 5) is 44.1. The van der Waals surface area contributed by atoms with Crippen molar-refractivity contribution < 1.29 is 29.3 Å². The number of benzene rings is 1. The number of hydrogen-bond donors (Lipinski definition) is 2. The van der Waals surface area contributed by atoms with Crippen molar-refractivity contribution in [3.05, 3.63) is 70.5 Å². The number of allylic oxidation sites excluding steroid dienone is 5. The summed E-state index contributed by atoms with van der Waals surface area (Å²) in [6.07, 6.45) is 3.54. The number of aliphatic hydroxyl groups excluding tert-OH is 1. The van der Waals surface area contributed by atoms with E-state index in [9.17, 15) is 24.6 Å². The van der Waals surface area contributed by atoms with E-state index in [0.29, 0.717) is 24.8 Å². The predicted octanol–water partition coefficient (Wildman–Crippen LogP) is 5.93. The molecule has 6 atom stereocenters. The molecule has 6 heteroatoms. The summed E-state index contributed by atoms with van der Waals surface area (Å²) in [6, 6.07) is 8.69. The molecule has 1 saturated carbocycles. The van der Waals surface area contributed by atoms with Gasteiger partial charge in [-0.15, -0.1) is 0 Å². The van der Waals surface area contributed by atoms with Crippen molar-refractivity contribution in [1.29, 1.82) is 0 Å². The van der Waals surface area contributed by atoms with Crippen LogP contribution >= 0.6 is 0 Å². The van der Waals surface area contributed by atoms with Crippen molar-refractivity contribution >= 4 is 17.3 Å². The normalized spacial score (nSPS) is 33.3. The molecular weight excluding hydrogens is 504 g/mol. The first kappa shape index (κ1) is 30.1. The van der Waals surface area contributed by atoms with Crippen molar-refractivity contribution in [3.8, 4) is 0 Å². The average molecular weight is 549 g/mol. The molecule has 1 aliphatic heterocycles. The summed E-state index contributed by atoms with van der Waals surface area (Å²) in [5, 5.41) is 22.4. The van der Waals surface area contributed by atoms with Gasteiger partial charge in [-0.25, -0.2) is 0 Å². The van der Waals surface area contributed by atoms with Crippen LogP contribution in [0.15, 0.2) is 65.0 Å². The van der Waals surface area contributed by atoms with Crippen LogP contribution in [0.5, 0.6) is 0 Å². The minimum Gasteiger partial charge on any atom is -0.487 e. The van der Waals surface area contributed by atoms with Crippen LogP contribution in [0, 0.1) is 22.2 Å². The van der Waals surface area contributed by atoms with Gasteiger partial charge in [0.15, 0.2) is 28.9 Å². The minimum absolute atomic E-state index is 0.0346. The summed E-state index contributed by atoms with van der Waals surface area (Å²) in [6.45, 7) is 14.7. The van der Waals surface area contributed by atoms with Gasteiger partial charge in [0.2, 0.25) is 0 Å². The lowest BCUT2D eigenvalue weighted by molar-refractivity contribution is -0.167. The minimum atomic E-state index is -1.85. The van der Waals surface area contributed by atoms with E-state index in [-0.39, 0.29) is 23.7 Å².